The van der Waals surface area contributed by atoms with Crippen LogP contribution < -0.4 is 5.32 Å². The highest BCUT2D eigenvalue weighted by atomic mass is 16.5. The Morgan fingerprint density at radius 1 is 1.16 bits per heavy atom. The monoisotopic (exact) mass is 345 g/mol. The summed E-state index contributed by atoms with van der Waals surface area (Å²) in [5.74, 6) is -0.610. The Kier molecular flexibility index (Phi) is 13.4. The molecule has 0 aliphatic carbocycles. The molecule has 0 heterocycles. The number of ether oxygens (including phenoxy) is 1. The lowest BCUT2D eigenvalue weighted by molar-refractivity contribution is -0.143. The van der Waals surface area contributed by atoms with Gasteiger partial charge in [-0.25, -0.2) is 0 Å². The first-order valence-electron chi connectivity index (χ1n) is 8.47. The van der Waals surface area contributed by atoms with Gasteiger partial charge in [0, 0.05) is 7.85 Å². The molecule has 0 aliphatic rings. The Balaban J connectivity index is 0. The Morgan fingerprint density at radius 2 is 1.84 bits per heavy atom. The number of carbonyl (C=O) groups is 2. The summed E-state index contributed by atoms with van der Waals surface area (Å²) in [7, 11) is 0. The van der Waals surface area contributed by atoms with E-state index in [1.165, 1.54) is 5.56 Å². The van der Waals surface area contributed by atoms with Gasteiger partial charge in [-0.2, -0.15) is 0 Å². The predicted molar refractivity (Wildman–Crippen MR) is 105 cm³/mol. The second kappa shape index (κ2) is 14.9. The molecule has 4 heteroatoms. The third-order valence-electron chi connectivity index (χ3n) is 3.22. The molecular weight excluding hydrogens is 314 g/mol. The van der Waals surface area contributed by atoms with E-state index in [2.05, 4.69) is 54.4 Å². The molecule has 1 amide bonds. The van der Waals surface area contributed by atoms with Crippen LogP contribution in [0.25, 0.3) is 0 Å². The van der Waals surface area contributed by atoms with E-state index >= 15 is 0 Å². The molecule has 0 atom stereocenters. The Bertz CT molecular complexity index is 568. The average Bonchev–Trinajstić information content (AvgIpc) is 2.64. The van der Waals surface area contributed by atoms with Gasteiger partial charge in [-0.3, -0.25) is 9.59 Å². The SMILES string of the molecule is C=C/C=C(\C=C)CCC(=O)NCC(=O)OCC.CCc1ccccc1.[HH]. The van der Waals surface area contributed by atoms with Crippen molar-refractivity contribution in [2.24, 2.45) is 0 Å². The summed E-state index contributed by atoms with van der Waals surface area (Å²) < 4.78 is 4.68. The number of esters is 1. The van der Waals surface area contributed by atoms with Crippen molar-refractivity contribution >= 4 is 11.9 Å². The van der Waals surface area contributed by atoms with Crippen LogP contribution in [0.3, 0.4) is 0 Å². The van der Waals surface area contributed by atoms with E-state index < -0.39 is 5.97 Å². The van der Waals surface area contributed by atoms with E-state index in [-0.39, 0.29) is 13.9 Å². The quantitative estimate of drug-likeness (QED) is 0.538. The fraction of sp³-hybridized carbons (Fsp3) is 0.333. The van der Waals surface area contributed by atoms with Gasteiger partial charge in [-0.05, 0) is 30.9 Å². The lowest BCUT2D eigenvalue weighted by Crippen LogP contribution is -2.30. The summed E-state index contributed by atoms with van der Waals surface area (Å²) in [5, 5.41) is 2.49. The van der Waals surface area contributed by atoms with Crippen LogP contribution in [-0.4, -0.2) is 25.0 Å². The molecule has 0 radical (unpaired) electrons. The van der Waals surface area contributed by atoms with Gasteiger partial charge in [0.05, 0.1) is 6.61 Å². The molecule has 138 valence electrons. The minimum atomic E-state index is -0.425. The van der Waals surface area contributed by atoms with Crippen molar-refractivity contribution in [2.45, 2.75) is 33.1 Å². The fourth-order valence-electron chi connectivity index (χ4n) is 1.85. The molecule has 0 spiro atoms. The minimum Gasteiger partial charge on any atom is -0.465 e. The summed E-state index contributed by atoms with van der Waals surface area (Å²) in [6, 6.07) is 10.5. The van der Waals surface area contributed by atoms with Crippen molar-refractivity contribution in [3.05, 3.63) is 72.9 Å². The van der Waals surface area contributed by atoms with Gasteiger partial charge >= 0.3 is 5.97 Å². The number of allylic oxidation sites excluding steroid dienone is 4. The smallest absolute Gasteiger partial charge is 0.325 e. The number of aryl methyl sites for hydroxylation is 1. The van der Waals surface area contributed by atoms with Gasteiger partial charge in [0.1, 0.15) is 6.54 Å². The minimum absolute atomic E-state index is 0. The van der Waals surface area contributed by atoms with Gasteiger partial charge in [0.15, 0.2) is 0 Å². The average molecular weight is 345 g/mol. The van der Waals surface area contributed by atoms with E-state index in [1.54, 1.807) is 25.2 Å². The van der Waals surface area contributed by atoms with E-state index in [0.717, 1.165) is 12.0 Å². The van der Waals surface area contributed by atoms with E-state index in [9.17, 15) is 9.59 Å². The lowest BCUT2D eigenvalue weighted by Gasteiger charge is -2.05. The second-order valence-corrected chi connectivity index (χ2v) is 5.10. The van der Waals surface area contributed by atoms with Crippen molar-refractivity contribution in [3.8, 4) is 0 Å². The van der Waals surface area contributed by atoms with Crippen LogP contribution in [0.5, 0.6) is 0 Å². The molecule has 0 aromatic heterocycles. The molecule has 1 aromatic carbocycles. The summed E-state index contributed by atoms with van der Waals surface area (Å²) in [5.41, 5.74) is 2.35. The normalized spacial score (nSPS) is 10.1. The summed E-state index contributed by atoms with van der Waals surface area (Å²) in [6.45, 7) is 11.3. The van der Waals surface area contributed by atoms with Crippen molar-refractivity contribution in [1.82, 2.24) is 5.32 Å². The molecule has 0 fully saturated rings. The Labute approximate surface area is 152 Å². The van der Waals surface area contributed by atoms with Crippen LogP contribution in [0.1, 0.15) is 33.7 Å². The highest BCUT2D eigenvalue weighted by Crippen LogP contribution is 2.05. The van der Waals surface area contributed by atoms with Gasteiger partial charge < -0.3 is 10.1 Å². The van der Waals surface area contributed by atoms with Crippen molar-refractivity contribution in [2.75, 3.05) is 13.2 Å². The number of rotatable bonds is 9. The molecule has 0 saturated heterocycles. The number of amides is 1. The topological polar surface area (TPSA) is 55.4 Å². The van der Waals surface area contributed by atoms with Crippen LogP contribution in [0, 0.1) is 0 Å². The number of carbonyl (C=O) groups excluding carboxylic acids is 2. The van der Waals surface area contributed by atoms with Gasteiger partial charge in [-0.15, -0.1) is 0 Å². The zero-order valence-electron chi connectivity index (χ0n) is 15.3. The first-order valence-corrected chi connectivity index (χ1v) is 8.47. The first kappa shape index (κ1) is 22.4. The largest absolute Gasteiger partial charge is 0.465 e. The summed E-state index contributed by atoms with van der Waals surface area (Å²) in [4.78, 5) is 22.3. The first-order chi connectivity index (χ1) is 12.1. The molecule has 0 bridgehead atoms. The van der Waals surface area contributed by atoms with Gasteiger partial charge in [0.25, 0.3) is 0 Å². The third kappa shape index (κ3) is 12.5. The van der Waals surface area contributed by atoms with Crippen LogP contribution in [0.15, 0.2) is 67.3 Å². The molecule has 1 rings (SSSR count). The molecule has 4 nitrogen and oxygen atoms in total. The van der Waals surface area contributed by atoms with E-state index in [1.807, 2.05) is 6.07 Å². The standard InChI is InChI=1S/C13H19NO3.C8H10.H2/c1-4-7-11(5-2)8-9-12(15)14-10-13(16)17-6-3;1-2-8-6-4-3-5-7-8;/h4-5,7H,1-2,6,8-10H2,3H3,(H,14,15);3-7H,2H2,1H3;1H/b11-7+;;. The van der Waals surface area contributed by atoms with E-state index in [0.29, 0.717) is 19.4 Å². The maximum absolute atomic E-state index is 11.4. The number of hydrogen-bond donors (Lipinski definition) is 1. The zero-order chi connectivity index (χ0) is 18.9. The molecule has 0 aliphatic heterocycles. The molecule has 0 unspecified atom stereocenters. The van der Waals surface area contributed by atoms with Crippen LogP contribution in [-0.2, 0) is 20.7 Å². The van der Waals surface area contributed by atoms with Crippen molar-refractivity contribution in [3.63, 3.8) is 0 Å². The second-order valence-electron chi connectivity index (χ2n) is 5.10. The fourth-order valence-corrected chi connectivity index (χ4v) is 1.85. The maximum atomic E-state index is 11.4. The van der Waals surface area contributed by atoms with Crippen LogP contribution in [0.2, 0.25) is 0 Å². The Hall–Kier alpha value is -2.62. The predicted octanol–water partition coefficient (Wildman–Crippen LogP) is 4.24. The number of benzene rings is 1. The number of hydrogen-bond acceptors (Lipinski definition) is 3. The van der Waals surface area contributed by atoms with Crippen LogP contribution >= 0.6 is 0 Å². The number of nitrogens with one attached hydrogen (secondary N) is 1. The maximum Gasteiger partial charge on any atom is 0.325 e. The molecule has 1 aromatic rings. The van der Waals surface area contributed by atoms with Gasteiger partial charge in [0.2, 0.25) is 5.91 Å². The van der Waals surface area contributed by atoms with Crippen LogP contribution in [0.4, 0.5) is 0 Å². The van der Waals surface area contributed by atoms with Crippen molar-refractivity contribution < 1.29 is 15.8 Å². The van der Waals surface area contributed by atoms with Gasteiger partial charge in [-0.1, -0.05) is 68.6 Å². The highest BCUT2D eigenvalue weighted by molar-refractivity contribution is 5.82. The van der Waals surface area contributed by atoms with E-state index in [4.69, 9.17) is 0 Å². The Morgan fingerprint density at radius 3 is 2.32 bits per heavy atom. The highest BCUT2D eigenvalue weighted by Gasteiger charge is 2.06. The zero-order valence-corrected chi connectivity index (χ0v) is 15.3. The molecule has 1 N–H and O–H groups in total. The summed E-state index contributed by atoms with van der Waals surface area (Å²) >= 11 is 0. The third-order valence-corrected chi connectivity index (χ3v) is 3.22. The summed E-state index contributed by atoms with van der Waals surface area (Å²) in [6.07, 6.45) is 7.15. The molecular formula is C21H31NO3. The molecule has 25 heavy (non-hydrogen) atoms. The molecule has 0 saturated carbocycles. The lowest BCUT2D eigenvalue weighted by atomic mass is 10.1. The van der Waals surface area contributed by atoms with Crippen molar-refractivity contribution in [1.29, 1.82) is 0 Å².